The molecule has 1 N–H and O–H groups in total. The van der Waals surface area contributed by atoms with E-state index in [-0.39, 0.29) is 0 Å². The SMILES string of the molecule is COC(=O)/C(O)=C/c1cc(C)c2nn(COCC[Si](C)(C)C)cc2c1. The van der Waals surface area contributed by atoms with E-state index in [0.717, 1.165) is 29.1 Å². The molecule has 0 saturated heterocycles. The van der Waals surface area contributed by atoms with E-state index in [9.17, 15) is 9.90 Å². The molecule has 136 valence electrons. The number of ether oxygens (including phenoxy) is 2. The number of aromatic nitrogens is 2. The Balaban J connectivity index is 2.14. The number of methoxy groups -OCH3 is 1. The molecule has 0 saturated carbocycles. The monoisotopic (exact) mass is 362 g/mol. The van der Waals surface area contributed by atoms with E-state index in [1.54, 1.807) is 4.68 Å². The summed E-state index contributed by atoms with van der Waals surface area (Å²) in [7, 11) is 0.135. The van der Waals surface area contributed by atoms with Gasteiger partial charge in [-0.25, -0.2) is 9.48 Å². The molecule has 0 aliphatic heterocycles. The third kappa shape index (κ3) is 5.44. The van der Waals surface area contributed by atoms with Crippen LogP contribution in [0.3, 0.4) is 0 Å². The fourth-order valence-electron chi connectivity index (χ4n) is 2.40. The average Bonchev–Trinajstić information content (AvgIpc) is 2.93. The maximum absolute atomic E-state index is 11.3. The van der Waals surface area contributed by atoms with Crippen molar-refractivity contribution in [3.05, 3.63) is 35.2 Å². The number of nitrogens with zero attached hydrogens (tertiary/aromatic N) is 2. The van der Waals surface area contributed by atoms with Crippen molar-refractivity contribution in [2.45, 2.75) is 39.3 Å². The topological polar surface area (TPSA) is 73.6 Å². The number of hydrogen-bond donors (Lipinski definition) is 1. The predicted octanol–water partition coefficient (Wildman–Crippen LogP) is 3.73. The summed E-state index contributed by atoms with van der Waals surface area (Å²) >= 11 is 0. The van der Waals surface area contributed by atoms with E-state index in [2.05, 4.69) is 29.5 Å². The van der Waals surface area contributed by atoms with Crippen molar-refractivity contribution in [2.75, 3.05) is 13.7 Å². The highest BCUT2D eigenvalue weighted by Crippen LogP contribution is 2.21. The van der Waals surface area contributed by atoms with Gasteiger partial charge in [0.15, 0.2) is 0 Å². The number of benzene rings is 1. The second kappa shape index (κ2) is 7.84. The quantitative estimate of drug-likeness (QED) is 0.267. The lowest BCUT2D eigenvalue weighted by Crippen LogP contribution is -2.22. The zero-order valence-corrected chi connectivity index (χ0v) is 16.5. The van der Waals surface area contributed by atoms with Gasteiger partial charge in [-0.1, -0.05) is 19.6 Å². The van der Waals surface area contributed by atoms with E-state index in [1.165, 1.54) is 13.2 Å². The van der Waals surface area contributed by atoms with Crippen LogP contribution in [0.25, 0.3) is 17.0 Å². The van der Waals surface area contributed by atoms with Crippen molar-refractivity contribution < 1.29 is 19.4 Å². The van der Waals surface area contributed by atoms with Crippen LogP contribution < -0.4 is 0 Å². The largest absolute Gasteiger partial charge is 0.502 e. The minimum absolute atomic E-state index is 0.414. The Hall–Kier alpha value is -2.12. The molecule has 0 unspecified atom stereocenters. The summed E-state index contributed by atoms with van der Waals surface area (Å²) in [4.78, 5) is 11.3. The molecular weight excluding hydrogens is 336 g/mol. The molecule has 25 heavy (non-hydrogen) atoms. The Morgan fingerprint density at radius 3 is 2.72 bits per heavy atom. The first kappa shape index (κ1) is 19.2. The molecule has 1 aromatic carbocycles. The molecule has 0 spiro atoms. The van der Waals surface area contributed by atoms with Crippen LogP contribution >= 0.6 is 0 Å². The Kier molecular flexibility index (Phi) is 6.02. The standard InChI is InChI=1S/C18H26N2O4Si/c1-13-8-14(10-16(21)18(22)23-2)9-15-11-20(19-17(13)15)12-24-6-7-25(3,4)5/h8-11,21H,6-7,12H2,1-5H3/b16-10-. The third-order valence-electron chi connectivity index (χ3n) is 3.79. The Bertz CT molecular complexity index is 790. The van der Waals surface area contributed by atoms with Gasteiger partial charge in [0.25, 0.3) is 0 Å². The van der Waals surface area contributed by atoms with Gasteiger partial charge in [-0.3, -0.25) is 0 Å². The predicted molar refractivity (Wildman–Crippen MR) is 101 cm³/mol. The van der Waals surface area contributed by atoms with Crippen molar-refractivity contribution in [3.8, 4) is 0 Å². The molecule has 2 aromatic rings. The minimum atomic E-state index is -1.09. The molecular formula is C18H26N2O4Si. The number of fused-ring (bicyclic) bond motifs is 1. The first-order valence-corrected chi connectivity index (χ1v) is 11.9. The first-order valence-electron chi connectivity index (χ1n) is 8.24. The number of aryl methyl sites for hydroxylation is 1. The summed E-state index contributed by atoms with van der Waals surface area (Å²) in [5.74, 6) is -1.19. The lowest BCUT2D eigenvalue weighted by molar-refractivity contribution is -0.138. The minimum Gasteiger partial charge on any atom is -0.502 e. The number of esters is 1. The lowest BCUT2D eigenvalue weighted by atomic mass is 10.1. The van der Waals surface area contributed by atoms with Crippen LogP contribution in [-0.2, 0) is 21.0 Å². The van der Waals surface area contributed by atoms with Crippen LogP contribution in [0.2, 0.25) is 25.7 Å². The van der Waals surface area contributed by atoms with Crippen LogP contribution in [0.4, 0.5) is 0 Å². The van der Waals surface area contributed by atoms with Gasteiger partial charge in [-0.2, -0.15) is 5.10 Å². The molecule has 6 nitrogen and oxygen atoms in total. The molecule has 0 amide bonds. The van der Waals surface area contributed by atoms with E-state index < -0.39 is 19.8 Å². The van der Waals surface area contributed by atoms with Crippen molar-refractivity contribution >= 4 is 31.0 Å². The number of rotatable bonds is 7. The first-order chi connectivity index (χ1) is 11.7. The van der Waals surface area contributed by atoms with Gasteiger partial charge >= 0.3 is 5.97 Å². The van der Waals surface area contributed by atoms with E-state index in [1.807, 2.05) is 25.3 Å². The Labute approximate surface area is 149 Å². The second-order valence-corrected chi connectivity index (χ2v) is 12.9. The van der Waals surface area contributed by atoms with Gasteiger partial charge in [-0.05, 0) is 42.3 Å². The van der Waals surface area contributed by atoms with Gasteiger partial charge in [-0.15, -0.1) is 0 Å². The zero-order valence-electron chi connectivity index (χ0n) is 15.5. The molecule has 1 aromatic heterocycles. The Morgan fingerprint density at radius 1 is 1.36 bits per heavy atom. The fraction of sp³-hybridized carbons (Fsp3) is 0.444. The van der Waals surface area contributed by atoms with E-state index in [0.29, 0.717) is 12.3 Å². The highest BCUT2D eigenvalue weighted by Gasteiger charge is 2.13. The Morgan fingerprint density at radius 2 is 2.08 bits per heavy atom. The molecule has 2 rings (SSSR count). The van der Waals surface area contributed by atoms with E-state index in [4.69, 9.17) is 4.74 Å². The maximum Gasteiger partial charge on any atom is 0.373 e. The number of carbonyl (C=O) groups is 1. The van der Waals surface area contributed by atoms with Crippen molar-refractivity contribution in [3.63, 3.8) is 0 Å². The average molecular weight is 363 g/mol. The highest BCUT2D eigenvalue weighted by atomic mass is 28.3. The van der Waals surface area contributed by atoms with Crippen LogP contribution in [-0.4, -0.2) is 42.6 Å². The summed E-state index contributed by atoms with van der Waals surface area (Å²) < 4.78 is 12.0. The molecule has 0 atom stereocenters. The number of aliphatic hydroxyl groups excluding tert-OH is 1. The fourth-order valence-corrected chi connectivity index (χ4v) is 3.15. The van der Waals surface area contributed by atoms with Gasteiger partial charge in [0.1, 0.15) is 6.73 Å². The lowest BCUT2D eigenvalue weighted by Gasteiger charge is -2.15. The van der Waals surface area contributed by atoms with Crippen LogP contribution in [0.1, 0.15) is 11.1 Å². The third-order valence-corrected chi connectivity index (χ3v) is 5.49. The maximum atomic E-state index is 11.3. The molecule has 0 radical (unpaired) electrons. The normalized spacial score (nSPS) is 12.6. The van der Waals surface area contributed by atoms with Gasteiger partial charge in [0.2, 0.25) is 5.76 Å². The van der Waals surface area contributed by atoms with Gasteiger partial charge in [0, 0.05) is 26.3 Å². The molecule has 1 heterocycles. The molecule has 0 fully saturated rings. The highest BCUT2D eigenvalue weighted by molar-refractivity contribution is 6.76. The number of hydrogen-bond acceptors (Lipinski definition) is 5. The molecule has 0 bridgehead atoms. The van der Waals surface area contributed by atoms with Crippen molar-refractivity contribution in [2.24, 2.45) is 0 Å². The van der Waals surface area contributed by atoms with Gasteiger partial charge < -0.3 is 14.6 Å². The van der Waals surface area contributed by atoms with Gasteiger partial charge in [0.05, 0.1) is 12.6 Å². The summed E-state index contributed by atoms with van der Waals surface area (Å²) in [5, 5.41) is 15.2. The number of carbonyl (C=O) groups excluding carboxylic acids is 1. The summed E-state index contributed by atoms with van der Waals surface area (Å²) in [6.45, 7) is 10.1. The molecule has 0 aliphatic rings. The van der Waals surface area contributed by atoms with Crippen LogP contribution in [0.5, 0.6) is 0 Å². The zero-order chi connectivity index (χ0) is 18.6. The molecule has 7 heteroatoms. The summed E-state index contributed by atoms with van der Waals surface area (Å²) in [5.41, 5.74) is 2.55. The van der Waals surface area contributed by atoms with Crippen LogP contribution in [0, 0.1) is 6.92 Å². The van der Waals surface area contributed by atoms with Crippen molar-refractivity contribution in [1.82, 2.24) is 9.78 Å². The molecule has 0 aliphatic carbocycles. The smallest absolute Gasteiger partial charge is 0.373 e. The summed E-state index contributed by atoms with van der Waals surface area (Å²) in [6.07, 6.45) is 3.30. The second-order valence-electron chi connectivity index (χ2n) is 7.31. The van der Waals surface area contributed by atoms with E-state index >= 15 is 0 Å². The summed E-state index contributed by atoms with van der Waals surface area (Å²) in [6, 6.07) is 4.85. The number of aliphatic hydroxyl groups is 1. The van der Waals surface area contributed by atoms with Crippen LogP contribution in [0.15, 0.2) is 24.1 Å². The van der Waals surface area contributed by atoms with Crippen molar-refractivity contribution in [1.29, 1.82) is 0 Å².